The van der Waals surface area contributed by atoms with Crippen LogP contribution in [0.15, 0.2) is 30.6 Å². The molecular formula is C20H25ClFN5O8P2. The smallest absolute Gasteiger partial charge is 0.335 e. The first-order valence-electron chi connectivity index (χ1n) is 11.0. The molecule has 0 aliphatic carbocycles. The zero-order valence-electron chi connectivity index (χ0n) is 19.3. The third-order valence-corrected chi connectivity index (χ3v) is 10.3. The minimum atomic E-state index is -4.73. The summed E-state index contributed by atoms with van der Waals surface area (Å²) in [5.74, 6) is -1.43. The molecule has 202 valence electrons. The summed E-state index contributed by atoms with van der Waals surface area (Å²) >= 11 is 6.11. The largest absolute Gasteiger partial charge is 0.388 e. The van der Waals surface area contributed by atoms with Crippen molar-refractivity contribution in [2.45, 2.75) is 43.9 Å². The Morgan fingerprint density at radius 2 is 1.89 bits per heavy atom. The maximum absolute atomic E-state index is 14.2. The Kier molecular flexibility index (Phi) is 8.06. The minimum Gasteiger partial charge on any atom is -0.388 e. The fraction of sp³-hybridized carbons (Fsp3) is 0.450. The van der Waals surface area contributed by atoms with E-state index in [-0.39, 0.29) is 28.7 Å². The predicted octanol–water partition coefficient (Wildman–Crippen LogP) is 2.21. The summed E-state index contributed by atoms with van der Waals surface area (Å²) < 4.78 is 44.5. The van der Waals surface area contributed by atoms with Crippen LogP contribution in [0.1, 0.15) is 31.2 Å². The van der Waals surface area contributed by atoms with Crippen molar-refractivity contribution < 1.29 is 43.2 Å². The molecule has 1 aliphatic heterocycles. The van der Waals surface area contributed by atoms with Crippen molar-refractivity contribution in [3.63, 3.8) is 0 Å². The monoisotopic (exact) mass is 579 g/mol. The number of fused-ring (bicyclic) bond motifs is 1. The third-order valence-electron chi connectivity index (χ3n) is 5.90. The zero-order valence-corrected chi connectivity index (χ0v) is 21.8. The van der Waals surface area contributed by atoms with Crippen LogP contribution in [0.2, 0.25) is 5.28 Å². The highest BCUT2D eigenvalue weighted by Crippen LogP contribution is 2.55. The molecule has 2 unspecified atom stereocenters. The number of rotatable bonds is 9. The van der Waals surface area contributed by atoms with Crippen molar-refractivity contribution in [1.82, 2.24) is 19.5 Å². The van der Waals surface area contributed by atoms with Gasteiger partial charge < -0.3 is 34.9 Å². The van der Waals surface area contributed by atoms with Gasteiger partial charge in [-0.3, -0.25) is 13.7 Å². The van der Waals surface area contributed by atoms with Crippen molar-refractivity contribution in [2.75, 3.05) is 17.4 Å². The van der Waals surface area contributed by atoms with E-state index < -0.39 is 63.4 Å². The van der Waals surface area contributed by atoms with Crippen LogP contribution >= 0.6 is 26.6 Å². The predicted molar refractivity (Wildman–Crippen MR) is 131 cm³/mol. The summed E-state index contributed by atoms with van der Waals surface area (Å²) in [6.07, 6.45) is -4.82. The second kappa shape index (κ2) is 10.6. The second-order valence-electron chi connectivity index (χ2n) is 8.76. The number of nitrogens with one attached hydrogen (secondary N) is 1. The third kappa shape index (κ3) is 6.36. The van der Waals surface area contributed by atoms with Gasteiger partial charge in [0.25, 0.3) is 0 Å². The fourth-order valence-corrected chi connectivity index (χ4v) is 7.86. The normalized spacial score (nSPS) is 24.8. The van der Waals surface area contributed by atoms with E-state index in [9.17, 15) is 28.6 Å². The Labute approximate surface area is 214 Å². The van der Waals surface area contributed by atoms with E-state index in [2.05, 4.69) is 20.3 Å². The number of aromatic nitrogens is 4. The van der Waals surface area contributed by atoms with Crippen molar-refractivity contribution in [1.29, 1.82) is 0 Å². The molecule has 1 saturated heterocycles. The van der Waals surface area contributed by atoms with Crippen molar-refractivity contribution >= 4 is 43.5 Å². The van der Waals surface area contributed by atoms with Crippen LogP contribution in [-0.4, -0.2) is 74.8 Å². The van der Waals surface area contributed by atoms with Crippen LogP contribution in [0.3, 0.4) is 0 Å². The standard InChI is InChI=1S/C20H25ClFN5O8P2/c1-10(11-4-2-3-5-12(11)22)24-17-14-18(26-20(21)25-17)27(8-23-14)19-16(29)15(28)13(35-19)6-7-36(30,31)9-37(32,33)34/h2-5,8,10,13,15-16,19,28-29H,6-7,9H2,1H3,(H,30,31)(H,24,25,26)(H2,32,33,34)/t10-,13+,15-,16?,19+/m0/s1. The topological polar surface area (TPSA) is 200 Å². The molecule has 0 radical (unpaired) electrons. The van der Waals surface area contributed by atoms with Crippen LogP contribution < -0.4 is 5.32 Å². The highest BCUT2D eigenvalue weighted by molar-refractivity contribution is 7.72. The maximum Gasteiger partial charge on any atom is 0.335 e. The highest BCUT2D eigenvalue weighted by atomic mass is 35.5. The molecule has 1 aromatic carbocycles. The van der Waals surface area contributed by atoms with Crippen molar-refractivity contribution in [3.8, 4) is 0 Å². The lowest BCUT2D eigenvalue weighted by atomic mass is 10.1. The molecule has 6 atom stereocenters. The van der Waals surface area contributed by atoms with Gasteiger partial charge in [0, 0.05) is 11.7 Å². The maximum atomic E-state index is 14.2. The average molecular weight is 580 g/mol. The molecule has 0 bridgehead atoms. The number of imidazole rings is 1. The van der Waals surface area contributed by atoms with Crippen LogP contribution in [0.25, 0.3) is 11.2 Å². The molecule has 2 aromatic heterocycles. The van der Waals surface area contributed by atoms with E-state index >= 15 is 0 Å². The van der Waals surface area contributed by atoms with E-state index in [0.717, 1.165) is 0 Å². The van der Waals surface area contributed by atoms with Crippen LogP contribution in [0.4, 0.5) is 10.2 Å². The molecule has 0 saturated carbocycles. The van der Waals surface area contributed by atoms with E-state index in [1.807, 2.05) is 0 Å². The van der Waals surface area contributed by atoms with Crippen LogP contribution in [-0.2, 0) is 13.9 Å². The van der Waals surface area contributed by atoms with E-state index in [4.69, 9.17) is 26.1 Å². The quantitative estimate of drug-likeness (QED) is 0.160. The molecule has 1 fully saturated rings. The second-order valence-corrected chi connectivity index (χ2v) is 13.7. The highest BCUT2D eigenvalue weighted by Gasteiger charge is 2.45. The van der Waals surface area contributed by atoms with Gasteiger partial charge in [0.05, 0.1) is 18.5 Å². The summed E-state index contributed by atoms with van der Waals surface area (Å²) in [4.78, 5) is 40.4. The molecular weight excluding hydrogens is 555 g/mol. The molecule has 0 amide bonds. The number of aliphatic hydroxyl groups excluding tert-OH is 2. The number of hydrogen-bond acceptors (Lipinski definition) is 9. The Hall–Kier alpha value is -1.99. The number of nitrogens with zero attached hydrogens (tertiary/aromatic N) is 4. The van der Waals surface area contributed by atoms with Crippen LogP contribution in [0.5, 0.6) is 0 Å². The number of hydrogen-bond donors (Lipinski definition) is 6. The van der Waals surface area contributed by atoms with Crippen molar-refractivity contribution in [2.24, 2.45) is 0 Å². The number of anilines is 1. The van der Waals surface area contributed by atoms with E-state index in [1.54, 1.807) is 25.1 Å². The van der Waals surface area contributed by atoms with Gasteiger partial charge in [0.15, 0.2) is 23.2 Å². The van der Waals surface area contributed by atoms with Gasteiger partial charge in [-0.1, -0.05) is 18.2 Å². The Bertz CT molecular complexity index is 1390. The first-order valence-corrected chi connectivity index (χ1v) is 15.2. The lowest BCUT2D eigenvalue weighted by molar-refractivity contribution is -0.0354. The summed E-state index contributed by atoms with van der Waals surface area (Å²) in [7, 11) is -8.94. The molecule has 17 heteroatoms. The Morgan fingerprint density at radius 1 is 1.19 bits per heavy atom. The van der Waals surface area contributed by atoms with Gasteiger partial charge >= 0.3 is 7.60 Å². The summed E-state index contributed by atoms with van der Waals surface area (Å²) in [6, 6.07) is 5.67. The molecule has 0 spiro atoms. The van der Waals surface area contributed by atoms with Crippen molar-refractivity contribution in [3.05, 3.63) is 47.3 Å². The molecule has 13 nitrogen and oxygen atoms in total. The number of halogens is 2. The van der Waals surface area contributed by atoms with Gasteiger partial charge in [0.1, 0.15) is 23.9 Å². The molecule has 37 heavy (non-hydrogen) atoms. The number of benzene rings is 1. The molecule has 3 heterocycles. The number of aliphatic hydroxyl groups is 2. The van der Waals surface area contributed by atoms with Gasteiger partial charge in [-0.2, -0.15) is 9.97 Å². The molecule has 4 rings (SSSR count). The first kappa shape index (κ1) is 28.0. The summed E-state index contributed by atoms with van der Waals surface area (Å²) in [5, 5.41) is 24.0. The number of ether oxygens (including phenoxy) is 1. The molecule has 3 aromatic rings. The average Bonchev–Trinajstić information content (AvgIpc) is 3.32. The fourth-order valence-electron chi connectivity index (χ4n) is 4.17. The van der Waals surface area contributed by atoms with Gasteiger partial charge in [-0.25, -0.2) is 9.37 Å². The lowest BCUT2D eigenvalue weighted by Gasteiger charge is -2.18. The summed E-state index contributed by atoms with van der Waals surface area (Å²) in [6.45, 7) is 1.72. The van der Waals surface area contributed by atoms with Gasteiger partial charge in [-0.15, -0.1) is 0 Å². The Balaban J connectivity index is 1.56. The Morgan fingerprint density at radius 3 is 2.57 bits per heavy atom. The van der Waals surface area contributed by atoms with Gasteiger partial charge in [0.2, 0.25) is 12.7 Å². The van der Waals surface area contributed by atoms with Crippen LogP contribution in [0, 0.1) is 5.82 Å². The van der Waals surface area contributed by atoms with E-state index in [1.165, 1.54) is 17.0 Å². The minimum absolute atomic E-state index is 0.134. The molecule has 1 aliphatic rings. The molecule has 6 N–H and O–H groups in total. The lowest BCUT2D eigenvalue weighted by Crippen LogP contribution is -2.32. The summed E-state index contributed by atoms with van der Waals surface area (Å²) in [5.41, 5.74) is 0.738. The SMILES string of the molecule is C[C@H](Nc1nc(Cl)nc2c1ncn2[C@@H]1O[C@H](CCP(=O)(O)CP(=O)(O)O)[C@H](O)C1O)c1ccccc1F. The zero-order chi connectivity index (χ0) is 27.1. The van der Waals surface area contributed by atoms with E-state index in [0.29, 0.717) is 5.56 Å². The van der Waals surface area contributed by atoms with Gasteiger partial charge in [-0.05, 0) is 31.0 Å². The first-order chi connectivity index (χ1) is 17.3.